The molecule has 0 aromatic rings. The van der Waals surface area contributed by atoms with Gasteiger partial charge in [0.15, 0.2) is 0 Å². The summed E-state index contributed by atoms with van der Waals surface area (Å²) in [6, 6.07) is 0. The highest BCUT2D eigenvalue weighted by Gasteiger charge is 2.00. The van der Waals surface area contributed by atoms with Crippen molar-refractivity contribution < 1.29 is 0 Å². The zero-order chi connectivity index (χ0) is 13.5. The third kappa shape index (κ3) is 5540. The van der Waals surface area contributed by atoms with E-state index in [0.717, 1.165) is 0 Å². The van der Waals surface area contributed by atoms with Gasteiger partial charge in [-0.1, -0.05) is 78.6 Å². The predicted molar refractivity (Wildman–Crippen MR) is 87.6 cm³/mol. The molecule has 0 heterocycles. The zero-order valence-corrected chi connectivity index (χ0v) is 16.5. The molecule has 0 fully saturated rings. The first-order valence-corrected chi connectivity index (χ1v) is 18.0. The second-order valence-corrected chi connectivity index (χ2v) is 27.0. The predicted octanol–water partition coefficient (Wildman–Crippen LogP) is 5.86. The first-order chi connectivity index (χ1) is 6.00. The first-order valence-electron chi connectivity index (χ1n) is 6.00. The summed E-state index contributed by atoms with van der Waals surface area (Å²) in [7, 11) is -1.83. The van der Waals surface area contributed by atoms with E-state index in [2.05, 4.69) is 78.6 Å². The van der Waals surface area contributed by atoms with E-state index in [4.69, 9.17) is 0 Å². The van der Waals surface area contributed by atoms with Crippen LogP contribution in [0.4, 0.5) is 0 Å². The number of rotatable bonds is 0. The van der Waals surface area contributed by atoms with Crippen molar-refractivity contribution >= 4 is 24.2 Å². The molecule has 0 aliphatic heterocycles. The lowest BCUT2D eigenvalue weighted by molar-refractivity contribution is 1.71. The second-order valence-electron chi connectivity index (χ2n) is 9.00. The molecule has 0 rings (SSSR count). The fourth-order valence-corrected chi connectivity index (χ4v) is 0. The van der Waals surface area contributed by atoms with Crippen molar-refractivity contribution in [2.75, 3.05) is 0 Å². The summed E-state index contributed by atoms with van der Waals surface area (Å²) in [6.07, 6.45) is 0. The van der Waals surface area contributed by atoms with Gasteiger partial charge in [0.05, 0.1) is 0 Å². The molecule has 0 bridgehead atoms. The zero-order valence-electron chi connectivity index (χ0n) is 13.5. The van der Waals surface area contributed by atoms with Crippen molar-refractivity contribution in [2.24, 2.45) is 0 Å². The summed E-state index contributed by atoms with van der Waals surface area (Å²) in [5.74, 6) is 0. The van der Waals surface area contributed by atoms with Crippen molar-refractivity contribution in [1.29, 1.82) is 0 Å². The normalized spacial score (nSPS) is 12.0. The van der Waals surface area contributed by atoms with Crippen LogP contribution in [0.15, 0.2) is 0 Å². The Morgan fingerprint density at radius 2 is 0.267 bits per heavy atom. The first kappa shape index (κ1) is 21.0. The summed E-state index contributed by atoms with van der Waals surface area (Å²) >= 11 is 0. The molecule has 0 saturated carbocycles. The van der Waals surface area contributed by atoms with Gasteiger partial charge >= 0.3 is 0 Å². The maximum Gasteiger partial charge on any atom is 0.0411 e. The van der Waals surface area contributed by atoms with Crippen molar-refractivity contribution in [1.82, 2.24) is 0 Å². The van der Waals surface area contributed by atoms with E-state index in [1.54, 1.807) is 0 Å². The summed E-state index contributed by atoms with van der Waals surface area (Å²) in [5, 5.41) is 0. The van der Waals surface area contributed by atoms with Gasteiger partial charge in [0.1, 0.15) is 0 Å². The van der Waals surface area contributed by atoms with Gasteiger partial charge in [0, 0.05) is 24.2 Å². The third-order valence-corrected chi connectivity index (χ3v) is 0. The molecule has 3 heteroatoms. The van der Waals surface area contributed by atoms with Gasteiger partial charge in [-0.05, 0) is 0 Å². The van der Waals surface area contributed by atoms with Crippen LogP contribution in [0.3, 0.4) is 0 Å². The van der Waals surface area contributed by atoms with Crippen LogP contribution >= 0.6 is 0 Å². The summed E-state index contributed by atoms with van der Waals surface area (Å²) in [5.41, 5.74) is 0. The van der Waals surface area contributed by atoms with Crippen LogP contribution in [-0.4, -0.2) is 24.2 Å². The van der Waals surface area contributed by atoms with Gasteiger partial charge < -0.3 is 0 Å². The second kappa shape index (κ2) is 7.85. The molecule has 15 heavy (non-hydrogen) atoms. The van der Waals surface area contributed by atoms with Gasteiger partial charge in [-0.2, -0.15) is 0 Å². The lowest BCUT2D eigenvalue weighted by Crippen LogP contribution is -2.10. The maximum atomic E-state index is 2.33. The van der Waals surface area contributed by atoms with Crippen LogP contribution in [0.25, 0.3) is 0 Å². The Balaban J connectivity index is -0.000000144. The van der Waals surface area contributed by atoms with Gasteiger partial charge in [0.25, 0.3) is 0 Å². The minimum atomic E-state index is -0.611. The average Bonchev–Trinajstić information content (AvgIpc) is 1.41. The van der Waals surface area contributed by atoms with Gasteiger partial charge in [-0.25, -0.2) is 0 Å². The molecule has 0 radical (unpaired) electrons. The molecule has 0 nitrogen and oxygen atoms in total. The molecule has 0 N–H and O–H groups in total. The molecular weight excluding hydrogens is 228 g/mol. The largest absolute Gasteiger partial charge is 0.0697 e. The van der Waals surface area contributed by atoms with E-state index in [1.807, 2.05) is 0 Å². The lowest BCUT2D eigenvalue weighted by Gasteiger charge is -2.01. The smallest absolute Gasteiger partial charge is 0.0411 e. The van der Waals surface area contributed by atoms with Crippen LogP contribution in [0.1, 0.15) is 0 Å². The van der Waals surface area contributed by atoms with E-state index in [1.165, 1.54) is 0 Å². The van der Waals surface area contributed by atoms with Crippen LogP contribution in [0.5, 0.6) is 0 Å². The SMILES string of the molecule is C[Si](C)(C)C.C[Si](C)(C)C.C[Si](C)(C)C. The molecule has 0 aliphatic carbocycles. The van der Waals surface area contributed by atoms with Crippen LogP contribution in [-0.2, 0) is 0 Å². The molecule has 0 atom stereocenters. The molecule has 0 aromatic carbocycles. The maximum absolute atomic E-state index is 2.33. The monoisotopic (exact) mass is 264 g/mol. The van der Waals surface area contributed by atoms with Crippen LogP contribution in [0, 0.1) is 0 Å². The number of hydrogen-bond donors (Lipinski definition) is 0. The van der Waals surface area contributed by atoms with E-state index < -0.39 is 24.2 Å². The van der Waals surface area contributed by atoms with E-state index in [9.17, 15) is 0 Å². The van der Waals surface area contributed by atoms with Gasteiger partial charge in [-0.3, -0.25) is 0 Å². The quantitative estimate of drug-likeness (QED) is 0.481. The Morgan fingerprint density at radius 3 is 0.267 bits per heavy atom. The van der Waals surface area contributed by atoms with Crippen molar-refractivity contribution in [3.05, 3.63) is 0 Å². The summed E-state index contributed by atoms with van der Waals surface area (Å²) < 4.78 is 0. The molecule has 96 valence electrons. The minimum absolute atomic E-state index is 0.611. The van der Waals surface area contributed by atoms with E-state index >= 15 is 0 Å². The van der Waals surface area contributed by atoms with Crippen molar-refractivity contribution in [3.8, 4) is 0 Å². The number of hydrogen-bond acceptors (Lipinski definition) is 0. The van der Waals surface area contributed by atoms with Crippen LogP contribution < -0.4 is 0 Å². The van der Waals surface area contributed by atoms with E-state index in [-0.39, 0.29) is 0 Å². The molecule has 0 amide bonds. The highest BCUT2D eigenvalue weighted by atomic mass is 28.3. The molecule has 0 spiro atoms. The Bertz CT molecular complexity index is 85.9. The Kier molecular flexibility index (Phi) is 11.0. The fraction of sp³-hybridized carbons (Fsp3) is 1.00. The molecule has 0 aromatic heterocycles. The Morgan fingerprint density at radius 1 is 0.267 bits per heavy atom. The molecule has 0 aliphatic rings. The summed E-state index contributed by atoms with van der Waals surface area (Å²) in [4.78, 5) is 0. The Labute approximate surface area is 103 Å². The topological polar surface area (TPSA) is 0 Å². The lowest BCUT2D eigenvalue weighted by atomic mass is 11.8. The highest BCUT2D eigenvalue weighted by molar-refractivity contribution is 6.75. The standard InChI is InChI=1S/3C4H12Si/c3*1-5(2,3)4/h3*1-4H3. The molecule has 0 saturated heterocycles. The van der Waals surface area contributed by atoms with Crippen molar-refractivity contribution in [2.45, 2.75) is 78.6 Å². The Hall–Kier alpha value is 0.651. The van der Waals surface area contributed by atoms with Gasteiger partial charge in [0.2, 0.25) is 0 Å². The minimum Gasteiger partial charge on any atom is -0.0697 e. The van der Waals surface area contributed by atoms with Gasteiger partial charge in [-0.15, -0.1) is 0 Å². The van der Waals surface area contributed by atoms with Crippen LogP contribution in [0.2, 0.25) is 78.6 Å². The highest BCUT2D eigenvalue weighted by Crippen LogP contribution is 1.95. The summed E-state index contributed by atoms with van der Waals surface area (Å²) in [6.45, 7) is 27.9. The van der Waals surface area contributed by atoms with Crippen molar-refractivity contribution in [3.63, 3.8) is 0 Å². The average molecular weight is 265 g/mol. The molecule has 0 unspecified atom stereocenters. The molecular formula is C12H36Si3. The third-order valence-electron chi connectivity index (χ3n) is 0. The fourth-order valence-electron chi connectivity index (χ4n) is 0. The van der Waals surface area contributed by atoms with E-state index in [0.29, 0.717) is 0 Å².